The second-order valence-electron chi connectivity index (χ2n) is 3.73. The highest BCUT2D eigenvalue weighted by Gasteiger charge is 2.19. The van der Waals surface area contributed by atoms with Crippen molar-refractivity contribution in [1.82, 2.24) is 0 Å². The molecule has 2 heteroatoms. The monoisotopic (exact) mass is 230 g/mol. The quantitative estimate of drug-likeness (QED) is 0.586. The van der Waals surface area contributed by atoms with Crippen molar-refractivity contribution >= 4 is 22.9 Å². The van der Waals surface area contributed by atoms with Gasteiger partial charge >= 0.3 is 0 Å². The van der Waals surface area contributed by atoms with E-state index in [2.05, 4.69) is 31.4 Å². The zero-order valence-corrected chi connectivity index (χ0v) is 10.6. The van der Waals surface area contributed by atoms with Gasteiger partial charge in [0.1, 0.15) is 0 Å². The number of alkyl halides is 1. The van der Waals surface area contributed by atoms with Crippen LogP contribution in [0, 0.1) is 5.92 Å². The summed E-state index contributed by atoms with van der Waals surface area (Å²) >= 11 is 8.24. The Kier molecular flexibility index (Phi) is 5.57. The molecule has 0 saturated heterocycles. The lowest BCUT2D eigenvalue weighted by molar-refractivity contribution is 0.440. The first-order valence-electron chi connectivity index (χ1n) is 5.47. The average Bonchev–Trinajstić information content (AvgIpc) is 2.71. The Morgan fingerprint density at radius 2 is 2.21 bits per heavy atom. The molecule has 0 radical (unpaired) electrons. The maximum Gasteiger partial charge on any atom is 0.0706 e. The lowest BCUT2D eigenvalue weighted by Crippen LogP contribution is -2.05. The Balaban J connectivity index is 2.51. The molecule has 2 atom stereocenters. The van der Waals surface area contributed by atoms with Gasteiger partial charge in [-0.05, 0) is 23.8 Å². The molecule has 80 valence electrons. The third kappa shape index (κ3) is 3.29. The molecule has 0 aliphatic rings. The molecule has 14 heavy (non-hydrogen) atoms. The summed E-state index contributed by atoms with van der Waals surface area (Å²) < 4.78 is 0. The van der Waals surface area contributed by atoms with E-state index in [4.69, 9.17) is 11.6 Å². The van der Waals surface area contributed by atoms with Crippen LogP contribution in [0.3, 0.4) is 0 Å². The second-order valence-corrected chi connectivity index (χ2v) is 5.18. The zero-order valence-electron chi connectivity index (χ0n) is 9.00. The smallest absolute Gasteiger partial charge is 0.0706 e. The number of hydrogen-bond donors (Lipinski definition) is 0. The molecule has 1 rings (SSSR count). The molecule has 1 aromatic heterocycles. The average molecular weight is 231 g/mol. The Hall–Kier alpha value is -0.0100. The van der Waals surface area contributed by atoms with Gasteiger partial charge in [0.15, 0.2) is 0 Å². The Bertz CT molecular complexity index is 230. The molecule has 0 aliphatic carbocycles. The lowest BCUT2D eigenvalue weighted by atomic mass is 9.95. The topological polar surface area (TPSA) is 0 Å². The summed E-state index contributed by atoms with van der Waals surface area (Å²) in [6.07, 6.45) is 5.02. The minimum Gasteiger partial charge on any atom is -0.147 e. The van der Waals surface area contributed by atoms with Gasteiger partial charge in [-0.15, -0.1) is 22.9 Å². The van der Waals surface area contributed by atoms with E-state index in [1.54, 1.807) is 11.3 Å². The normalized spacial score (nSPS) is 15.4. The minimum absolute atomic E-state index is 0.228. The van der Waals surface area contributed by atoms with E-state index in [1.165, 1.54) is 30.6 Å². The van der Waals surface area contributed by atoms with Gasteiger partial charge in [0, 0.05) is 4.88 Å². The Labute approximate surface area is 96.3 Å². The van der Waals surface area contributed by atoms with E-state index in [-0.39, 0.29) is 5.38 Å². The van der Waals surface area contributed by atoms with Crippen molar-refractivity contribution in [3.05, 3.63) is 22.4 Å². The first-order chi connectivity index (χ1) is 6.79. The van der Waals surface area contributed by atoms with Crippen molar-refractivity contribution < 1.29 is 0 Å². The van der Waals surface area contributed by atoms with Gasteiger partial charge in [-0.25, -0.2) is 0 Å². The predicted octanol–water partition coefficient (Wildman–Crippen LogP) is 5.24. The van der Waals surface area contributed by atoms with E-state index in [0.717, 1.165) is 0 Å². The van der Waals surface area contributed by atoms with E-state index in [9.17, 15) is 0 Å². The maximum atomic E-state index is 6.46. The molecule has 0 aromatic carbocycles. The second kappa shape index (κ2) is 6.47. The molecule has 0 amide bonds. The molecule has 0 N–H and O–H groups in total. The molecular formula is C12H19ClS. The fourth-order valence-corrected chi connectivity index (χ4v) is 3.03. The van der Waals surface area contributed by atoms with Crippen LogP contribution in [-0.2, 0) is 0 Å². The fourth-order valence-electron chi connectivity index (χ4n) is 1.70. The molecule has 0 aliphatic heterocycles. The largest absolute Gasteiger partial charge is 0.147 e. The molecule has 0 saturated carbocycles. The van der Waals surface area contributed by atoms with Crippen LogP contribution in [-0.4, -0.2) is 0 Å². The zero-order chi connectivity index (χ0) is 10.4. The third-order valence-corrected chi connectivity index (χ3v) is 4.36. The van der Waals surface area contributed by atoms with Crippen molar-refractivity contribution in [3.8, 4) is 0 Å². The number of unbranched alkanes of at least 4 members (excludes halogenated alkanes) is 1. The van der Waals surface area contributed by atoms with E-state index in [1.807, 2.05) is 0 Å². The third-order valence-electron chi connectivity index (χ3n) is 2.68. The van der Waals surface area contributed by atoms with Crippen LogP contribution in [0.2, 0.25) is 0 Å². The number of halogens is 1. The SMILES string of the molecule is CCCCC(CC)C(Cl)c1cccs1. The van der Waals surface area contributed by atoms with Crippen LogP contribution in [0.5, 0.6) is 0 Å². The fraction of sp³-hybridized carbons (Fsp3) is 0.667. The van der Waals surface area contributed by atoms with Gasteiger partial charge in [-0.2, -0.15) is 0 Å². The van der Waals surface area contributed by atoms with Gasteiger partial charge < -0.3 is 0 Å². The summed E-state index contributed by atoms with van der Waals surface area (Å²) in [7, 11) is 0. The van der Waals surface area contributed by atoms with Gasteiger partial charge in [-0.3, -0.25) is 0 Å². The standard InChI is InChI=1S/C12H19ClS/c1-3-5-7-10(4-2)12(13)11-8-6-9-14-11/h6,8-10,12H,3-5,7H2,1-2H3. The van der Waals surface area contributed by atoms with Gasteiger partial charge in [0.25, 0.3) is 0 Å². The van der Waals surface area contributed by atoms with Gasteiger partial charge in [0.2, 0.25) is 0 Å². The number of rotatable bonds is 6. The first kappa shape index (κ1) is 12.1. The number of thiophene rings is 1. The Morgan fingerprint density at radius 1 is 1.43 bits per heavy atom. The molecule has 0 nitrogen and oxygen atoms in total. The van der Waals surface area contributed by atoms with Gasteiger partial charge in [0.05, 0.1) is 5.38 Å². The Morgan fingerprint density at radius 3 is 2.71 bits per heavy atom. The van der Waals surface area contributed by atoms with Crippen LogP contribution in [0.25, 0.3) is 0 Å². The molecular weight excluding hydrogens is 212 g/mol. The van der Waals surface area contributed by atoms with Crippen LogP contribution in [0.15, 0.2) is 17.5 Å². The summed E-state index contributed by atoms with van der Waals surface area (Å²) in [5.41, 5.74) is 0. The van der Waals surface area contributed by atoms with E-state index >= 15 is 0 Å². The summed E-state index contributed by atoms with van der Waals surface area (Å²) in [5, 5.41) is 2.34. The number of hydrogen-bond acceptors (Lipinski definition) is 1. The molecule has 2 unspecified atom stereocenters. The minimum atomic E-state index is 0.228. The van der Waals surface area contributed by atoms with Crippen LogP contribution < -0.4 is 0 Å². The van der Waals surface area contributed by atoms with E-state index in [0.29, 0.717) is 5.92 Å². The van der Waals surface area contributed by atoms with E-state index < -0.39 is 0 Å². The molecule has 1 aromatic rings. The van der Waals surface area contributed by atoms with Crippen molar-refractivity contribution in [2.75, 3.05) is 0 Å². The highest BCUT2D eigenvalue weighted by atomic mass is 35.5. The maximum absolute atomic E-state index is 6.46. The molecule has 0 spiro atoms. The summed E-state index contributed by atoms with van der Waals surface area (Å²) in [5.74, 6) is 0.648. The first-order valence-corrected chi connectivity index (χ1v) is 6.78. The summed E-state index contributed by atoms with van der Waals surface area (Å²) in [6, 6.07) is 4.23. The summed E-state index contributed by atoms with van der Waals surface area (Å²) in [6.45, 7) is 4.48. The van der Waals surface area contributed by atoms with Crippen molar-refractivity contribution in [1.29, 1.82) is 0 Å². The molecule has 0 bridgehead atoms. The predicted molar refractivity (Wildman–Crippen MR) is 66.2 cm³/mol. The van der Waals surface area contributed by atoms with Crippen LogP contribution in [0.1, 0.15) is 49.8 Å². The lowest BCUT2D eigenvalue weighted by Gasteiger charge is -2.19. The van der Waals surface area contributed by atoms with Crippen molar-refractivity contribution in [2.24, 2.45) is 5.92 Å². The highest BCUT2D eigenvalue weighted by molar-refractivity contribution is 7.10. The van der Waals surface area contributed by atoms with Crippen molar-refractivity contribution in [2.45, 2.75) is 44.9 Å². The van der Waals surface area contributed by atoms with Crippen LogP contribution >= 0.6 is 22.9 Å². The summed E-state index contributed by atoms with van der Waals surface area (Å²) in [4.78, 5) is 1.33. The highest BCUT2D eigenvalue weighted by Crippen LogP contribution is 2.36. The molecule has 0 fully saturated rings. The van der Waals surface area contributed by atoms with Crippen molar-refractivity contribution in [3.63, 3.8) is 0 Å². The van der Waals surface area contributed by atoms with Crippen LogP contribution in [0.4, 0.5) is 0 Å². The molecule has 1 heterocycles. The van der Waals surface area contributed by atoms with Gasteiger partial charge in [-0.1, -0.05) is 39.2 Å².